The van der Waals surface area contributed by atoms with Crippen LogP contribution in [0.25, 0.3) is 22.2 Å². The second-order valence-electron chi connectivity index (χ2n) is 7.58. The van der Waals surface area contributed by atoms with E-state index in [-0.39, 0.29) is 5.39 Å². The number of pyridine rings is 1. The summed E-state index contributed by atoms with van der Waals surface area (Å²) in [5, 5.41) is 0.00588. The lowest BCUT2D eigenvalue weighted by molar-refractivity contribution is -0.0436. The molecule has 0 aliphatic carbocycles. The van der Waals surface area contributed by atoms with Crippen molar-refractivity contribution in [1.29, 1.82) is 0 Å². The first-order chi connectivity index (χ1) is 15.5. The molecule has 170 valence electrons. The molecule has 4 rings (SSSR count). The minimum atomic E-state index is -5.38. The molecule has 9 heteroatoms. The Morgan fingerprint density at radius 1 is 0.879 bits per heavy atom. The van der Waals surface area contributed by atoms with Crippen molar-refractivity contribution in [2.75, 3.05) is 0 Å². The Hall–Kier alpha value is -3.46. The van der Waals surface area contributed by atoms with Crippen LogP contribution >= 0.6 is 0 Å². The number of rotatable bonds is 4. The van der Waals surface area contributed by atoms with Crippen molar-refractivity contribution in [2.45, 2.75) is 23.7 Å². The molecule has 0 unspecified atom stereocenters. The van der Waals surface area contributed by atoms with Crippen molar-refractivity contribution in [3.05, 3.63) is 99.5 Å². The third kappa shape index (κ3) is 4.16. The zero-order valence-electron chi connectivity index (χ0n) is 17.2. The van der Waals surface area contributed by atoms with Gasteiger partial charge in [-0.1, -0.05) is 42.5 Å². The molecule has 0 atom stereocenters. The fourth-order valence-electron chi connectivity index (χ4n) is 3.62. The fourth-order valence-corrected chi connectivity index (χ4v) is 4.38. The number of aromatic nitrogens is 1. The van der Waals surface area contributed by atoms with E-state index < -0.39 is 31.5 Å². The molecule has 1 heterocycles. The third-order valence-corrected chi connectivity index (χ3v) is 6.91. The number of nitrogens with one attached hydrogen (secondary N) is 1. The summed E-state index contributed by atoms with van der Waals surface area (Å²) >= 11 is 0. The van der Waals surface area contributed by atoms with Crippen molar-refractivity contribution < 1.29 is 26.0 Å². The van der Waals surface area contributed by atoms with Crippen molar-refractivity contribution in [2.24, 2.45) is 0 Å². The van der Waals surface area contributed by atoms with Crippen LogP contribution in [0, 0.1) is 12.7 Å². The molecule has 4 nitrogen and oxygen atoms in total. The summed E-state index contributed by atoms with van der Waals surface area (Å²) < 4.78 is 75.0. The smallest absolute Gasteiger partial charge is 0.354 e. The Balaban J connectivity index is 1.60. The molecule has 0 bridgehead atoms. The van der Waals surface area contributed by atoms with Gasteiger partial charge in [0.15, 0.2) is 5.43 Å². The van der Waals surface area contributed by atoms with Gasteiger partial charge in [-0.3, -0.25) is 4.79 Å². The lowest BCUT2D eigenvalue weighted by Gasteiger charge is -2.11. The topological polar surface area (TPSA) is 67.0 Å². The largest absolute Gasteiger partial charge is 0.501 e. The summed E-state index contributed by atoms with van der Waals surface area (Å²) in [4.78, 5) is 14.9. The lowest BCUT2D eigenvalue weighted by Crippen LogP contribution is -2.23. The number of hydrogen-bond donors (Lipinski definition) is 1. The van der Waals surface area contributed by atoms with Crippen LogP contribution in [0.5, 0.6) is 0 Å². The normalized spacial score (nSPS) is 12.3. The Morgan fingerprint density at radius 2 is 1.45 bits per heavy atom. The third-order valence-electron chi connectivity index (χ3n) is 5.41. The van der Waals surface area contributed by atoms with Crippen LogP contribution in [-0.4, -0.2) is 18.9 Å². The summed E-state index contributed by atoms with van der Waals surface area (Å²) in [6.45, 7) is 1.62. The van der Waals surface area contributed by atoms with Gasteiger partial charge in [0.2, 0.25) is 0 Å². The molecule has 0 aliphatic rings. The minimum Gasteiger partial charge on any atom is -0.354 e. The first kappa shape index (κ1) is 22.7. The predicted molar refractivity (Wildman–Crippen MR) is 117 cm³/mol. The van der Waals surface area contributed by atoms with Crippen molar-refractivity contribution in [3.63, 3.8) is 0 Å². The number of hydrogen-bond acceptors (Lipinski definition) is 3. The monoisotopic (exact) mass is 475 g/mol. The Labute approximate surface area is 186 Å². The number of aromatic amines is 1. The molecule has 1 N–H and O–H groups in total. The minimum absolute atomic E-state index is 0.00588. The average molecular weight is 475 g/mol. The van der Waals surface area contributed by atoms with E-state index in [1.807, 2.05) is 0 Å². The standard InChI is InChI=1S/C24H17F4NO3S/c1-14-22(29-20-4-2-3-19(25)21(20)23(14)30)17-9-5-15(6-10-17)13-16-7-11-18(12-8-16)33(31,32)24(26,27)28/h2-12H,13H2,1H3,(H,29,30). The zero-order valence-corrected chi connectivity index (χ0v) is 18.0. The van der Waals surface area contributed by atoms with Crippen LogP contribution in [0.15, 0.2) is 76.4 Å². The van der Waals surface area contributed by atoms with Gasteiger partial charge in [0, 0.05) is 5.56 Å². The molecule has 0 amide bonds. The molecule has 3 aromatic carbocycles. The molecule has 1 aromatic heterocycles. The molecule has 0 spiro atoms. The summed E-state index contributed by atoms with van der Waals surface area (Å²) in [7, 11) is -5.38. The number of sulfone groups is 1. The summed E-state index contributed by atoms with van der Waals surface area (Å²) in [5.74, 6) is -0.590. The van der Waals surface area contributed by atoms with Crippen molar-refractivity contribution in [3.8, 4) is 11.3 Å². The van der Waals surface area contributed by atoms with Gasteiger partial charge < -0.3 is 4.98 Å². The van der Waals surface area contributed by atoms with Gasteiger partial charge in [0.05, 0.1) is 21.5 Å². The first-order valence-electron chi connectivity index (χ1n) is 9.80. The number of benzene rings is 3. The maximum atomic E-state index is 14.1. The summed E-state index contributed by atoms with van der Waals surface area (Å²) in [6, 6.07) is 16.1. The number of fused-ring (bicyclic) bond motifs is 1. The molecule has 4 aromatic rings. The highest BCUT2D eigenvalue weighted by atomic mass is 32.2. The van der Waals surface area contributed by atoms with Crippen LogP contribution < -0.4 is 5.43 Å². The van der Waals surface area contributed by atoms with E-state index in [9.17, 15) is 30.8 Å². The van der Waals surface area contributed by atoms with E-state index in [1.165, 1.54) is 24.3 Å². The highest BCUT2D eigenvalue weighted by Crippen LogP contribution is 2.30. The Kier molecular flexibility index (Phi) is 5.61. The lowest BCUT2D eigenvalue weighted by atomic mass is 10.00. The molecule has 0 saturated carbocycles. The van der Waals surface area contributed by atoms with E-state index in [2.05, 4.69) is 4.98 Å². The van der Waals surface area contributed by atoms with Crippen LogP contribution in [0.1, 0.15) is 16.7 Å². The number of halogens is 4. The van der Waals surface area contributed by atoms with E-state index in [0.29, 0.717) is 34.3 Å². The van der Waals surface area contributed by atoms with Crippen molar-refractivity contribution >= 4 is 20.7 Å². The molecular weight excluding hydrogens is 458 g/mol. The predicted octanol–water partition coefficient (Wildman–Crippen LogP) is 5.53. The summed E-state index contributed by atoms with van der Waals surface area (Å²) in [6.07, 6.45) is 0.366. The zero-order chi connectivity index (χ0) is 24.0. The quantitative estimate of drug-likeness (QED) is 0.395. The number of alkyl halides is 3. The van der Waals surface area contributed by atoms with Crippen LogP contribution in [-0.2, 0) is 16.3 Å². The molecule has 33 heavy (non-hydrogen) atoms. The van der Waals surface area contributed by atoms with Gasteiger partial charge >= 0.3 is 5.51 Å². The van der Waals surface area contributed by atoms with Gasteiger partial charge in [-0.05, 0) is 54.3 Å². The average Bonchev–Trinajstić information content (AvgIpc) is 2.76. The second-order valence-corrected chi connectivity index (χ2v) is 9.52. The van der Waals surface area contributed by atoms with E-state index in [4.69, 9.17) is 0 Å². The Bertz CT molecular complexity index is 1510. The summed E-state index contributed by atoms with van der Waals surface area (Å²) in [5.41, 5.74) is -2.24. The molecule has 0 radical (unpaired) electrons. The maximum Gasteiger partial charge on any atom is 0.501 e. The van der Waals surface area contributed by atoms with E-state index in [1.54, 1.807) is 37.3 Å². The van der Waals surface area contributed by atoms with Gasteiger partial charge in [0.25, 0.3) is 9.84 Å². The molecular formula is C24H17F4NO3S. The van der Waals surface area contributed by atoms with Crippen LogP contribution in [0.3, 0.4) is 0 Å². The first-order valence-corrected chi connectivity index (χ1v) is 11.3. The Morgan fingerprint density at radius 3 is 2.03 bits per heavy atom. The van der Waals surface area contributed by atoms with E-state index >= 15 is 0 Å². The fraction of sp³-hybridized carbons (Fsp3) is 0.125. The van der Waals surface area contributed by atoms with Crippen molar-refractivity contribution in [1.82, 2.24) is 4.98 Å². The highest BCUT2D eigenvalue weighted by Gasteiger charge is 2.46. The van der Waals surface area contributed by atoms with Gasteiger partial charge in [-0.25, -0.2) is 12.8 Å². The SMILES string of the molecule is Cc1c(-c2ccc(Cc3ccc(S(=O)(=O)C(F)(F)F)cc3)cc2)[nH]c2cccc(F)c2c1=O. The molecule has 0 saturated heterocycles. The van der Waals surface area contributed by atoms with E-state index in [0.717, 1.165) is 17.7 Å². The van der Waals surface area contributed by atoms with Gasteiger partial charge in [-0.15, -0.1) is 0 Å². The van der Waals surface area contributed by atoms with Crippen LogP contribution in [0.2, 0.25) is 0 Å². The highest BCUT2D eigenvalue weighted by molar-refractivity contribution is 7.92. The van der Waals surface area contributed by atoms with Gasteiger partial charge in [0.1, 0.15) is 5.82 Å². The van der Waals surface area contributed by atoms with Gasteiger partial charge in [-0.2, -0.15) is 13.2 Å². The van der Waals surface area contributed by atoms with Crippen LogP contribution in [0.4, 0.5) is 17.6 Å². The maximum absolute atomic E-state index is 14.1. The number of H-pyrrole nitrogens is 1. The molecule has 0 aliphatic heterocycles. The molecule has 0 fully saturated rings. The second kappa shape index (κ2) is 8.15.